The molecule has 18 heavy (non-hydrogen) atoms. The normalized spacial score (nSPS) is 14.4. The van der Waals surface area contributed by atoms with Crippen LogP contribution in [0.2, 0.25) is 0 Å². The molecule has 1 N–H and O–H groups in total. The topological polar surface area (TPSA) is 25.2 Å². The Morgan fingerprint density at radius 1 is 1.00 bits per heavy atom. The Kier molecular flexibility index (Phi) is 3.87. The van der Waals surface area contributed by atoms with Crippen molar-refractivity contribution >= 4 is 0 Å². The van der Waals surface area contributed by atoms with Gasteiger partial charge >= 0.3 is 0 Å². The van der Waals surface area contributed by atoms with E-state index >= 15 is 0 Å². The SMILES string of the molecule is Cc1cc(C)cc(C(C)N[C@@H](C)c2ccco2)c1. The van der Waals surface area contributed by atoms with Gasteiger partial charge in [0.2, 0.25) is 0 Å². The molecule has 0 aliphatic heterocycles. The average Bonchev–Trinajstić information content (AvgIpc) is 2.80. The molecule has 96 valence electrons. The second-order valence-electron chi connectivity index (χ2n) is 5.05. The third-order valence-corrected chi connectivity index (χ3v) is 3.21. The molecule has 2 atom stereocenters. The van der Waals surface area contributed by atoms with Gasteiger partial charge in [-0.3, -0.25) is 0 Å². The predicted octanol–water partition coefficient (Wildman–Crippen LogP) is 4.31. The summed E-state index contributed by atoms with van der Waals surface area (Å²) < 4.78 is 5.42. The summed E-state index contributed by atoms with van der Waals surface area (Å²) in [6.07, 6.45) is 1.72. The van der Waals surface area contributed by atoms with Crippen LogP contribution in [0.5, 0.6) is 0 Å². The molecular formula is C16H21NO. The summed E-state index contributed by atoms with van der Waals surface area (Å²) in [5, 5.41) is 3.56. The molecule has 0 aliphatic carbocycles. The van der Waals surface area contributed by atoms with Gasteiger partial charge in [-0.25, -0.2) is 0 Å². The highest BCUT2D eigenvalue weighted by atomic mass is 16.3. The summed E-state index contributed by atoms with van der Waals surface area (Å²) in [4.78, 5) is 0. The molecule has 0 saturated carbocycles. The molecule has 0 fully saturated rings. The summed E-state index contributed by atoms with van der Waals surface area (Å²) in [7, 11) is 0. The minimum absolute atomic E-state index is 0.218. The first kappa shape index (κ1) is 12.9. The lowest BCUT2D eigenvalue weighted by atomic mass is 10.0. The summed E-state index contributed by atoms with van der Waals surface area (Å²) in [6.45, 7) is 8.59. The standard InChI is InChI=1S/C16H21NO/c1-11-8-12(2)10-15(9-11)13(3)17-14(4)16-6-5-7-18-16/h5-10,13-14,17H,1-4H3/t13?,14-/m0/s1. The van der Waals surface area contributed by atoms with Crippen molar-refractivity contribution in [2.45, 2.75) is 39.8 Å². The molecule has 0 saturated heterocycles. The number of hydrogen-bond acceptors (Lipinski definition) is 2. The summed E-state index contributed by atoms with van der Waals surface area (Å²) >= 11 is 0. The van der Waals surface area contributed by atoms with Gasteiger partial charge in [0, 0.05) is 6.04 Å². The van der Waals surface area contributed by atoms with E-state index in [2.05, 4.69) is 51.2 Å². The van der Waals surface area contributed by atoms with E-state index in [9.17, 15) is 0 Å². The Morgan fingerprint density at radius 3 is 2.22 bits per heavy atom. The van der Waals surface area contributed by atoms with Gasteiger partial charge in [-0.1, -0.05) is 29.3 Å². The van der Waals surface area contributed by atoms with Crippen molar-refractivity contribution in [2.75, 3.05) is 0 Å². The Hall–Kier alpha value is -1.54. The van der Waals surface area contributed by atoms with Gasteiger partial charge < -0.3 is 9.73 Å². The second kappa shape index (κ2) is 5.40. The molecule has 1 aromatic heterocycles. The van der Waals surface area contributed by atoms with Crippen molar-refractivity contribution in [3.8, 4) is 0 Å². The van der Waals surface area contributed by atoms with E-state index in [1.807, 2.05) is 12.1 Å². The molecule has 2 heteroatoms. The summed E-state index contributed by atoms with van der Waals surface area (Å²) in [5.74, 6) is 0.978. The second-order valence-corrected chi connectivity index (χ2v) is 5.05. The van der Waals surface area contributed by atoms with Crippen LogP contribution in [0.3, 0.4) is 0 Å². The Labute approximate surface area is 109 Å². The zero-order valence-electron chi connectivity index (χ0n) is 11.5. The van der Waals surface area contributed by atoms with Gasteiger partial charge in [-0.2, -0.15) is 0 Å². The predicted molar refractivity (Wildman–Crippen MR) is 74.6 cm³/mol. The molecule has 0 amide bonds. The van der Waals surface area contributed by atoms with Crippen molar-refractivity contribution in [1.29, 1.82) is 0 Å². The van der Waals surface area contributed by atoms with Crippen molar-refractivity contribution in [3.05, 3.63) is 59.0 Å². The van der Waals surface area contributed by atoms with Gasteiger partial charge in [-0.05, 0) is 45.4 Å². The highest BCUT2D eigenvalue weighted by molar-refractivity contribution is 5.30. The van der Waals surface area contributed by atoms with Gasteiger partial charge in [0.15, 0.2) is 0 Å². The van der Waals surface area contributed by atoms with Crippen LogP contribution in [0, 0.1) is 13.8 Å². The third kappa shape index (κ3) is 3.02. The maximum absolute atomic E-state index is 5.42. The van der Waals surface area contributed by atoms with E-state index in [0.717, 1.165) is 5.76 Å². The van der Waals surface area contributed by atoms with E-state index in [1.54, 1.807) is 6.26 Å². The number of nitrogens with one attached hydrogen (secondary N) is 1. The van der Waals surface area contributed by atoms with Crippen molar-refractivity contribution in [2.24, 2.45) is 0 Å². The zero-order chi connectivity index (χ0) is 13.1. The molecule has 2 rings (SSSR count). The first-order chi connectivity index (χ1) is 8.56. The molecule has 1 heterocycles. The van der Waals surface area contributed by atoms with Crippen LogP contribution in [-0.4, -0.2) is 0 Å². The van der Waals surface area contributed by atoms with E-state index < -0.39 is 0 Å². The van der Waals surface area contributed by atoms with E-state index in [-0.39, 0.29) is 6.04 Å². The first-order valence-electron chi connectivity index (χ1n) is 6.44. The molecule has 0 aliphatic rings. The number of rotatable bonds is 4. The molecule has 1 unspecified atom stereocenters. The Balaban J connectivity index is 2.09. The fourth-order valence-electron chi connectivity index (χ4n) is 2.35. The monoisotopic (exact) mass is 243 g/mol. The number of aryl methyl sites for hydroxylation is 2. The van der Waals surface area contributed by atoms with Crippen LogP contribution >= 0.6 is 0 Å². The average molecular weight is 243 g/mol. The molecule has 0 radical (unpaired) electrons. The molecule has 2 nitrogen and oxygen atoms in total. The lowest BCUT2D eigenvalue weighted by molar-refractivity contribution is 0.403. The van der Waals surface area contributed by atoms with Crippen LogP contribution in [0.25, 0.3) is 0 Å². The quantitative estimate of drug-likeness (QED) is 0.865. The molecule has 0 spiro atoms. The smallest absolute Gasteiger partial charge is 0.120 e. The zero-order valence-corrected chi connectivity index (χ0v) is 11.5. The van der Waals surface area contributed by atoms with Crippen molar-refractivity contribution < 1.29 is 4.42 Å². The first-order valence-corrected chi connectivity index (χ1v) is 6.44. The number of furan rings is 1. The molecule has 1 aromatic carbocycles. The molecule has 2 aromatic rings. The highest BCUT2D eigenvalue weighted by Crippen LogP contribution is 2.21. The fourth-order valence-corrected chi connectivity index (χ4v) is 2.35. The summed E-state index contributed by atoms with van der Waals surface area (Å²) in [5.41, 5.74) is 3.94. The Bertz CT molecular complexity index is 482. The number of hydrogen-bond donors (Lipinski definition) is 1. The van der Waals surface area contributed by atoms with Gasteiger partial charge in [0.1, 0.15) is 5.76 Å². The van der Waals surface area contributed by atoms with Crippen LogP contribution in [-0.2, 0) is 0 Å². The third-order valence-electron chi connectivity index (χ3n) is 3.21. The van der Waals surface area contributed by atoms with E-state index in [0.29, 0.717) is 6.04 Å². The summed E-state index contributed by atoms with van der Waals surface area (Å²) in [6, 6.07) is 11.1. The van der Waals surface area contributed by atoms with Crippen LogP contribution < -0.4 is 5.32 Å². The van der Waals surface area contributed by atoms with Gasteiger partial charge in [0.25, 0.3) is 0 Å². The minimum Gasteiger partial charge on any atom is -0.468 e. The van der Waals surface area contributed by atoms with Crippen LogP contribution in [0.15, 0.2) is 41.0 Å². The van der Waals surface area contributed by atoms with Crippen LogP contribution in [0.4, 0.5) is 0 Å². The van der Waals surface area contributed by atoms with E-state index in [4.69, 9.17) is 4.42 Å². The minimum atomic E-state index is 0.218. The maximum Gasteiger partial charge on any atom is 0.120 e. The maximum atomic E-state index is 5.42. The lowest BCUT2D eigenvalue weighted by Crippen LogP contribution is -2.22. The lowest BCUT2D eigenvalue weighted by Gasteiger charge is -2.19. The largest absolute Gasteiger partial charge is 0.468 e. The molecular weight excluding hydrogens is 222 g/mol. The van der Waals surface area contributed by atoms with Crippen molar-refractivity contribution in [3.63, 3.8) is 0 Å². The van der Waals surface area contributed by atoms with Gasteiger partial charge in [-0.15, -0.1) is 0 Å². The molecule has 0 bridgehead atoms. The number of benzene rings is 1. The van der Waals surface area contributed by atoms with Crippen LogP contribution in [0.1, 0.15) is 48.4 Å². The Morgan fingerprint density at radius 2 is 1.67 bits per heavy atom. The highest BCUT2D eigenvalue weighted by Gasteiger charge is 2.13. The fraction of sp³-hybridized carbons (Fsp3) is 0.375. The van der Waals surface area contributed by atoms with Gasteiger partial charge in [0.05, 0.1) is 12.3 Å². The van der Waals surface area contributed by atoms with Crippen molar-refractivity contribution in [1.82, 2.24) is 5.32 Å². The van der Waals surface area contributed by atoms with E-state index in [1.165, 1.54) is 16.7 Å².